The summed E-state index contributed by atoms with van der Waals surface area (Å²) in [5, 5.41) is 1.05. The Bertz CT molecular complexity index is 1200. The minimum atomic E-state index is 0.467. The SMILES string of the molecule is CCCc1nc2c(N)nc3cc(OCc4ccc(OC)cc4)ccc3c2n1CC(C)C. The van der Waals surface area contributed by atoms with Crippen LogP contribution in [0.4, 0.5) is 5.82 Å². The van der Waals surface area contributed by atoms with Gasteiger partial charge < -0.3 is 19.8 Å². The largest absolute Gasteiger partial charge is 0.497 e. The van der Waals surface area contributed by atoms with E-state index in [4.69, 9.17) is 20.2 Å². The minimum Gasteiger partial charge on any atom is -0.497 e. The van der Waals surface area contributed by atoms with E-state index < -0.39 is 0 Å². The van der Waals surface area contributed by atoms with Crippen LogP contribution in [0, 0.1) is 5.92 Å². The van der Waals surface area contributed by atoms with Gasteiger partial charge in [0.05, 0.1) is 18.1 Å². The Hall–Kier alpha value is -3.28. The maximum atomic E-state index is 6.33. The quantitative estimate of drug-likeness (QED) is 0.417. The Labute approximate surface area is 183 Å². The highest BCUT2D eigenvalue weighted by atomic mass is 16.5. The third kappa shape index (κ3) is 4.29. The van der Waals surface area contributed by atoms with Crippen molar-refractivity contribution in [2.45, 2.75) is 46.8 Å². The smallest absolute Gasteiger partial charge is 0.152 e. The van der Waals surface area contributed by atoms with E-state index in [0.29, 0.717) is 18.3 Å². The standard InChI is InChI=1S/C25H30N4O2/c1-5-6-22-28-23-24(29(22)14-16(2)3)20-12-11-19(13-21(20)27-25(23)26)31-15-17-7-9-18(30-4)10-8-17/h7-13,16H,5-6,14-15H2,1-4H3,(H2,26,27). The molecule has 31 heavy (non-hydrogen) atoms. The van der Waals surface area contributed by atoms with Crippen LogP contribution < -0.4 is 15.2 Å². The number of rotatable bonds is 8. The highest BCUT2D eigenvalue weighted by Gasteiger charge is 2.18. The van der Waals surface area contributed by atoms with Crippen molar-refractivity contribution in [2.75, 3.05) is 12.8 Å². The van der Waals surface area contributed by atoms with Crippen molar-refractivity contribution >= 4 is 27.8 Å². The maximum Gasteiger partial charge on any atom is 0.152 e. The Morgan fingerprint density at radius 2 is 1.77 bits per heavy atom. The average molecular weight is 419 g/mol. The molecular formula is C25H30N4O2. The molecule has 0 saturated heterocycles. The molecule has 2 aromatic carbocycles. The lowest BCUT2D eigenvalue weighted by atomic mass is 10.1. The van der Waals surface area contributed by atoms with Crippen LogP contribution in [0.25, 0.3) is 21.9 Å². The van der Waals surface area contributed by atoms with Crippen molar-refractivity contribution in [2.24, 2.45) is 5.92 Å². The first kappa shape index (κ1) is 21.0. The van der Waals surface area contributed by atoms with Crippen LogP contribution in [0.15, 0.2) is 42.5 Å². The van der Waals surface area contributed by atoms with Gasteiger partial charge in [-0.25, -0.2) is 9.97 Å². The van der Waals surface area contributed by atoms with E-state index in [0.717, 1.165) is 64.2 Å². The number of ether oxygens (including phenoxy) is 2. The maximum absolute atomic E-state index is 6.33. The van der Waals surface area contributed by atoms with E-state index in [2.05, 4.69) is 36.4 Å². The van der Waals surface area contributed by atoms with Crippen LogP contribution in [0.3, 0.4) is 0 Å². The third-order valence-corrected chi connectivity index (χ3v) is 5.34. The lowest BCUT2D eigenvalue weighted by Gasteiger charge is -2.13. The van der Waals surface area contributed by atoms with Crippen molar-refractivity contribution in [3.8, 4) is 11.5 Å². The Balaban J connectivity index is 1.71. The van der Waals surface area contributed by atoms with E-state index in [1.807, 2.05) is 36.4 Å². The molecule has 0 spiro atoms. The number of pyridine rings is 1. The summed E-state index contributed by atoms with van der Waals surface area (Å²) in [7, 11) is 1.66. The predicted molar refractivity (Wildman–Crippen MR) is 126 cm³/mol. The molecule has 0 aliphatic heterocycles. The molecule has 0 fully saturated rings. The van der Waals surface area contributed by atoms with E-state index in [-0.39, 0.29) is 0 Å². The summed E-state index contributed by atoms with van der Waals surface area (Å²) >= 11 is 0. The molecule has 0 bridgehead atoms. The lowest BCUT2D eigenvalue weighted by Crippen LogP contribution is -2.09. The van der Waals surface area contributed by atoms with E-state index >= 15 is 0 Å². The van der Waals surface area contributed by atoms with Crippen molar-refractivity contribution in [3.05, 3.63) is 53.9 Å². The number of hydrogen-bond donors (Lipinski definition) is 1. The van der Waals surface area contributed by atoms with Crippen LogP contribution in [0.5, 0.6) is 11.5 Å². The summed E-state index contributed by atoms with van der Waals surface area (Å²) in [6.07, 6.45) is 1.96. The first-order valence-electron chi connectivity index (χ1n) is 10.8. The van der Waals surface area contributed by atoms with Gasteiger partial charge in [-0.1, -0.05) is 32.9 Å². The molecule has 0 amide bonds. The number of imidazole rings is 1. The van der Waals surface area contributed by atoms with E-state index in [1.165, 1.54) is 0 Å². The van der Waals surface area contributed by atoms with Gasteiger partial charge in [-0.15, -0.1) is 0 Å². The number of anilines is 1. The second kappa shape index (κ2) is 8.84. The fraction of sp³-hybridized carbons (Fsp3) is 0.360. The van der Waals surface area contributed by atoms with Crippen molar-refractivity contribution in [3.63, 3.8) is 0 Å². The number of nitrogens with zero attached hydrogens (tertiary/aromatic N) is 3. The van der Waals surface area contributed by atoms with Gasteiger partial charge in [-0.05, 0) is 42.2 Å². The first-order chi connectivity index (χ1) is 15.0. The summed E-state index contributed by atoms with van der Waals surface area (Å²) in [5.74, 6) is 3.64. The molecular weight excluding hydrogens is 388 g/mol. The van der Waals surface area contributed by atoms with Gasteiger partial charge in [0.15, 0.2) is 5.82 Å². The summed E-state index contributed by atoms with van der Waals surface area (Å²) in [4.78, 5) is 9.49. The average Bonchev–Trinajstić information content (AvgIpc) is 3.11. The van der Waals surface area contributed by atoms with E-state index in [9.17, 15) is 0 Å². The highest BCUT2D eigenvalue weighted by Crippen LogP contribution is 2.32. The van der Waals surface area contributed by atoms with Gasteiger partial charge in [0.2, 0.25) is 0 Å². The van der Waals surface area contributed by atoms with Crippen LogP contribution in [0.2, 0.25) is 0 Å². The Morgan fingerprint density at radius 1 is 1.03 bits per heavy atom. The summed E-state index contributed by atoms with van der Waals surface area (Å²) < 4.78 is 13.6. The second-order valence-electron chi connectivity index (χ2n) is 8.29. The number of methoxy groups -OCH3 is 1. The van der Waals surface area contributed by atoms with Crippen molar-refractivity contribution < 1.29 is 9.47 Å². The van der Waals surface area contributed by atoms with Gasteiger partial charge in [-0.3, -0.25) is 0 Å². The van der Waals surface area contributed by atoms with Crippen molar-refractivity contribution in [1.29, 1.82) is 0 Å². The lowest BCUT2D eigenvalue weighted by molar-refractivity contribution is 0.306. The molecule has 0 unspecified atom stereocenters. The third-order valence-electron chi connectivity index (χ3n) is 5.34. The fourth-order valence-corrected chi connectivity index (χ4v) is 3.89. The van der Waals surface area contributed by atoms with Gasteiger partial charge in [-0.2, -0.15) is 0 Å². The molecule has 0 aliphatic rings. The molecule has 2 N–H and O–H groups in total. The van der Waals surface area contributed by atoms with Gasteiger partial charge in [0.1, 0.15) is 29.4 Å². The molecule has 4 rings (SSSR count). The highest BCUT2D eigenvalue weighted by molar-refractivity contribution is 6.06. The molecule has 2 heterocycles. The Kier molecular flexibility index (Phi) is 5.98. The number of benzene rings is 2. The van der Waals surface area contributed by atoms with Crippen LogP contribution in [-0.2, 0) is 19.6 Å². The molecule has 0 atom stereocenters. The van der Waals surface area contributed by atoms with Crippen LogP contribution in [-0.4, -0.2) is 21.6 Å². The van der Waals surface area contributed by atoms with Gasteiger partial charge in [0, 0.05) is 24.4 Å². The molecule has 6 nitrogen and oxygen atoms in total. The van der Waals surface area contributed by atoms with Crippen molar-refractivity contribution in [1.82, 2.24) is 14.5 Å². The van der Waals surface area contributed by atoms with Crippen LogP contribution >= 0.6 is 0 Å². The number of fused-ring (bicyclic) bond motifs is 3. The summed E-state index contributed by atoms with van der Waals surface area (Å²) in [5.41, 5.74) is 10.1. The monoisotopic (exact) mass is 418 g/mol. The Morgan fingerprint density at radius 3 is 2.45 bits per heavy atom. The topological polar surface area (TPSA) is 75.2 Å². The fourth-order valence-electron chi connectivity index (χ4n) is 3.89. The zero-order chi connectivity index (χ0) is 22.0. The zero-order valence-electron chi connectivity index (χ0n) is 18.7. The minimum absolute atomic E-state index is 0.467. The summed E-state index contributed by atoms with van der Waals surface area (Å²) in [6, 6.07) is 13.9. The molecule has 0 saturated carbocycles. The van der Waals surface area contributed by atoms with Gasteiger partial charge >= 0.3 is 0 Å². The number of hydrogen-bond acceptors (Lipinski definition) is 5. The second-order valence-corrected chi connectivity index (χ2v) is 8.29. The molecule has 0 aliphatic carbocycles. The number of aryl methyl sites for hydroxylation is 1. The molecule has 162 valence electrons. The molecule has 6 heteroatoms. The molecule has 0 radical (unpaired) electrons. The molecule has 4 aromatic rings. The van der Waals surface area contributed by atoms with E-state index in [1.54, 1.807) is 7.11 Å². The number of aromatic nitrogens is 3. The zero-order valence-corrected chi connectivity index (χ0v) is 18.7. The number of nitrogens with two attached hydrogens (primary N) is 1. The van der Waals surface area contributed by atoms with Gasteiger partial charge in [0.25, 0.3) is 0 Å². The van der Waals surface area contributed by atoms with Crippen LogP contribution in [0.1, 0.15) is 38.6 Å². The predicted octanol–water partition coefficient (Wildman–Crippen LogP) is 5.36. The number of nitrogen functional groups attached to an aromatic ring is 1. The normalized spacial score (nSPS) is 11.5. The summed E-state index contributed by atoms with van der Waals surface area (Å²) in [6.45, 7) is 7.99. The molecule has 2 aromatic heterocycles. The first-order valence-corrected chi connectivity index (χ1v) is 10.8.